The van der Waals surface area contributed by atoms with Gasteiger partial charge < -0.3 is 19.2 Å². The van der Waals surface area contributed by atoms with E-state index in [4.69, 9.17) is 4.42 Å². The third-order valence-corrected chi connectivity index (χ3v) is 11.1. The molecular formula is C49H40BN3O. The van der Waals surface area contributed by atoms with E-state index in [9.17, 15) is 0 Å². The van der Waals surface area contributed by atoms with E-state index < -0.39 is 0 Å². The zero-order valence-corrected chi connectivity index (χ0v) is 31.0. The van der Waals surface area contributed by atoms with Crippen LogP contribution in [0, 0.1) is 6.92 Å². The van der Waals surface area contributed by atoms with E-state index in [1.54, 1.807) is 0 Å². The second-order valence-corrected chi connectivity index (χ2v) is 15.5. The van der Waals surface area contributed by atoms with Crippen LogP contribution in [0.3, 0.4) is 0 Å². The van der Waals surface area contributed by atoms with Crippen LogP contribution in [0.4, 0.5) is 28.4 Å². The monoisotopic (exact) mass is 697 g/mol. The molecule has 0 amide bonds. The van der Waals surface area contributed by atoms with Crippen LogP contribution >= 0.6 is 0 Å². The third-order valence-electron chi connectivity index (χ3n) is 11.1. The number of hydrogen-bond donors (Lipinski definition) is 1. The molecule has 54 heavy (non-hydrogen) atoms. The number of aromatic nitrogens is 1. The van der Waals surface area contributed by atoms with Gasteiger partial charge >= 0.3 is 0 Å². The summed E-state index contributed by atoms with van der Waals surface area (Å²) in [4.78, 5) is 2.34. The van der Waals surface area contributed by atoms with Crippen LogP contribution in [0.15, 0.2) is 162 Å². The smallest absolute Gasteiger partial charge is 0.244 e. The number of fused-ring (bicyclic) bond motifs is 7. The molecule has 1 aliphatic heterocycles. The highest BCUT2D eigenvalue weighted by molar-refractivity contribution is 6.73. The highest BCUT2D eigenvalue weighted by atomic mass is 16.3. The number of para-hydroxylation sites is 4. The molecule has 0 saturated carbocycles. The lowest BCUT2D eigenvalue weighted by Crippen LogP contribution is -2.36. The largest absolute Gasteiger partial charge is 0.469 e. The molecule has 5 heteroatoms. The van der Waals surface area contributed by atoms with Crippen LogP contribution in [-0.4, -0.2) is 11.8 Å². The Balaban J connectivity index is 1.25. The average Bonchev–Trinajstić information content (AvgIpc) is 3.74. The summed E-state index contributed by atoms with van der Waals surface area (Å²) >= 11 is 0. The number of nitrogens with zero attached hydrogens (tertiary/aromatic N) is 2. The van der Waals surface area contributed by atoms with E-state index in [-0.39, 0.29) is 5.41 Å². The topological polar surface area (TPSA) is 33.3 Å². The maximum absolute atomic E-state index is 6.72. The Labute approximate surface area is 316 Å². The van der Waals surface area contributed by atoms with Crippen molar-refractivity contribution in [1.82, 2.24) is 4.57 Å². The van der Waals surface area contributed by atoms with Gasteiger partial charge in [0.1, 0.15) is 5.58 Å². The highest BCUT2D eigenvalue weighted by Gasteiger charge is 2.31. The Morgan fingerprint density at radius 1 is 0.630 bits per heavy atom. The normalized spacial score (nSPS) is 12.2. The molecule has 0 saturated heterocycles. The molecule has 0 radical (unpaired) electrons. The van der Waals surface area contributed by atoms with E-state index in [1.165, 1.54) is 44.0 Å². The van der Waals surface area contributed by atoms with Gasteiger partial charge in [0.05, 0.1) is 16.9 Å². The lowest BCUT2D eigenvalue weighted by molar-refractivity contribution is 0.590. The number of rotatable bonds is 6. The molecule has 1 N–H and O–H groups in total. The average molecular weight is 698 g/mol. The summed E-state index contributed by atoms with van der Waals surface area (Å²) in [5, 5.41) is 7.58. The van der Waals surface area contributed by atoms with Gasteiger partial charge in [0.2, 0.25) is 7.28 Å². The first kappa shape index (κ1) is 32.2. The zero-order chi connectivity index (χ0) is 36.6. The number of aryl methyl sites for hydroxylation is 1. The van der Waals surface area contributed by atoms with E-state index in [0.29, 0.717) is 7.28 Å². The van der Waals surface area contributed by atoms with Gasteiger partial charge in [0.15, 0.2) is 0 Å². The van der Waals surface area contributed by atoms with E-state index in [1.807, 2.05) is 0 Å². The first-order chi connectivity index (χ1) is 26.3. The summed E-state index contributed by atoms with van der Waals surface area (Å²) in [6.07, 6.45) is 0. The fraction of sp³-hybridized carbons (Fsp3) is 0.102. The quantitative estimate of drug-likeness (QED) is 0.176. The molecular weight excluding hydrogens is 657 g/mol. The molecule has 1 aliphatic rings. The maximum Gasteiger partial charge on any atom is 0.244 e. The minimum Gasteiger partial charge on any atom is -0.469 e. The molecule has 0 bridgehead atoms. The van der Waals surface area contributed by atoms with Crippen molar-refractivity contribution in [2.75, 3.05) is 10.2 Å². The SMILES string of the molecule is Cc1cc(-c2cc(N(c3ccccc3)c3ccccc3)ccc2Nc2ccc(C(C)(C)C)cc2)c2c3c1c1ccccc1n3-c1c(oc3ccccc13)B2. The third kappa shape index (κ3) is 5.14. The predicted octanol–water partition coefficient (Wildman–Crippen LogP) is 11.7. The summed E-state index contributed by atoms with van der Waals surface area (Å²) in [5.74, 6) is 0. The van der Waals surface area contributed by atoms with Gasteiger partial charge in [-0.3, -0.25) is 0 Å². The second-order valence-electron chi connectivity index (χ2n) is 15.5. The lowest BCUT2D eigenvalue weighted by Gasteiger charge is -2.28. The molecule has 9 aromatic rings. The van der Waals surface area contributed by atoms with E-state index >= 15 is 0 Å². The van der Waals surface area contributed by atoms with Crippen LogP contribution in [0.2, 0.25) is 0 Å². The molecule has 0 aliphatic carbocycles. The Bertz CT molecular complexity index is 2820. The Morgan fingerprint density at radius 3 is 1.98 bits per heavy atom. The van der Waals surface area contributed by atoms with Gasteiger partial charge in [-0.25, -0.2) is 0 Å². The summed E-state index contributed by atoms with van der Waals surface area (Å²) < 4.78 is 9.19. The zero-order valence-electron chi connectivity index (χ0n) is 31.0. The molecule has 4 nitrogen and oxygen atoms in total. The summed E-state index contributed by atoms with van der Waals surface area (Å²) in [5.41, 5.74) is 17.2. The maximum atomic E-state index is 6.72. The van der Waals surface area contributed by atoms with Crippen LogP contribution in [0.25, 0.3) is 49.6 Å². The van der Waals surface area contributed by atoms with Crippen molar-refractivity contribution in [3.8, 4) is 16.8 Å². The van der Waals surface area contributed by atoms with Crippen molar-refractivity contribution in [2.45, 2.75) is 33.1 Å². The fourth-order valence-corrected chi connectivity index (χ4v) is 8.50. The Morgan fingerprint density at radius 2 is 1.28 bits per heavy atom. The van der Waals surface area contributed by atoms with E-state index in [0.717, 1.165) is 56.3 Å². The van der Waals surface area contributed by atoms with E-state index in [2.05, 4.69) is 200 Å². The molecule has 0 fully saturated rings. The van der Waals surface area contributed by atoms with Crippen molar-refractivity contribution < 1.29 is 4.42 Å². The first-order valence-electron chi connectivity index (χ1n) is 18.8. The molecule has 0 unspecified atom stereocenters. The predicted molar refractivity (Wildman–Crippen MR) is 230 cm³/mol. The number of anilines is 5. The lowest BCUT2D eigenvalue weighted by atomic mass is 9.62. The van der Waals surface area contributed by atoms with Crippen LogP contribution < -0.4 is 21.3 Å². The molecule has 3 heterocycles. The van der Waals surface area contributed by atoms with Crippen LogP contribution in [0.5, 0.6) is 0 Å². The first-order valence-corrected chi connectivity index (χ1v) is 18.8. The Kier molecular flexibility index (Phi) is 7.35. The molecule has 260 valence electrons. The summed E-state index contributed by atoms with van der Waals surface area (Å²) in [7, 11) is 0.692. The van der Waals surface area contributed by atoms with Crippen molar-refractivity contribution in [3.63, 3.8) is 0 Å². The number of benzene rings is 7. The van der Waals surface area contributed by atoms with Gasteiger partial charge in [0.25, 0.3) is 0 Å². The molecule has 7 aromatic carbocycles. The number of furan rings is 1. The van der Waals surface area contributed by atoms with Gasteiger partial charge in [-0.15, -0.1) is 0 Å². The van der Waals surface area contributed by atoms with Crippen molar-refractivity contribution in [1.29, 1.82) is 0 Å². The van der Waals surface area contributed by atoms with Gasteiger partial charge in [-0.1, -0.05) is 106 Å². The summed E-state index contributed by atoms with van der Waals surface area (Å²) in [6, 6.07) is 56.7. The number of nitrogens with one attached hydrogen (secondary N) is 1. The Hall–Kier alpha value is -6.46. The number of hydrogen-bond acceptors (Lipinski definition) is 3. The minimum atomic E-state index is 0.0766. The molecule has 2 aromatic heterocycles. The summed E-state index contributed by atoms with van der Waals surface area (Å²) in [6.45, 7) is 9.04. The second kappa shape index (κ2) is 12.3. The minimum absolute atomic E-state index is 0.0766. The van der Waals surface area contributed by atoms with Gasteiger partial charge in [-0.05, 0) is 107 Å². The van der Waals surface area contributed by atoms with Crippen LogP contribution in [-0.2, 0) is 5.41 Å². The standard InChI is InChI=1S/C49H40BN3O/c1-31-29-40(45-47-44(31)37-19-11-13-21-42(37)53(47)46-38-20-12-14-22-43(38)54-48(46)50-45)39-30-36(52(34-15-7-5-8-16-34)35-17-9-6-10-18-35)27-28-41(39)51-33-25-23-32(24-26-33)49(2,3)4/h5-30,50-51H,1-4H3. The molecule has 10 rings (SSSR count). The highest BCUT2D eigenvalue weighted by Crippen LogP contribution is 2.43. The fourth-order valence-electron chi connectivity index (χ4n) is 8.50. The molecule has 0 atom stereocenters. The van der Waals surface area contributed by atoms with Gasteiger partial charge in [-0.2, -0.15) is 0 Å². The van der Waals surface area contributed by atoms with Crippen molar-refractivity contribution in [2.24, 2.45) is 0 Å². The van der Waals surface area contributed by atoms with Crippen LogP contribution in [0.1, 0.15) is 31.9 Å². The van der Waals surface area contributed by atoms with Crippen molar-refractivity contribution in [3.05, 3.63) is 169 Å². The van der Waals surface area contributed by atoms with Gasteiger partial charge in [0, 0.05) is 55.7 Å². The van der Waals surface area contributed by atoms with Crippen molar-refractivity contribution >= 4 is 79.6 Å². The molecule has 0 spiro atoms.